The van der Waals surface area contributed by atoms with E-state index in [9.17, 15) is 8.42 Å². The second-order valence-electron chi connectivity index (χ2n) is 4.44. The molecule has 0 N–H and O–H groups in total. The van der Waals surface area contributed by atoms with Crippen molar-refractivity contribution in [3.63, 3.8) is 0 Å². The average molecular weight is 365 g/mol. The van der Waals surface area contributed by atoms with Crippen LogP contribution in [0.25, 0.3) is 0 Å². The minimum Gasteiger partial charge on any atom is -0.207 e. The predicted octanol–water partition coefficient (Wildman–Crippen LogP) is 4.47. The van der Waals surface area contributed by atoms with E-state index in [4.69, 9.17) is 34.8 Å². The van der Waals surface area contributed by atoms with Gasteiger partial charge in [0.25, 0.3) is 0 Å². The Balaban J connectivity index is 2.33. The van der Waals surface area contributed by atoms with Gasteiger partial charge in [-0.25, -0.2) is 8.42 Å². The Morgan fingerprint density at radius 3 is 2.38 bits per heavy atom. The Hall–Kier alpha value is -0.780. The molecule has 21 heavy (non-hydrogen) atoms. The minimum absolute atomic E-state index is 0.0128. The van der Waals surface area contributed by atoms with Crippen LogP contribution >= 0.6 is 34.8 Å². The molecule has 2 aromatic rings. The molecule has 0 aliphatic rings. The molecule has 0 aliphatic heterocycles. The largest absolute Gasteiger partial charge is 0.244 e. The lowest BCUT2D eigenvalue weighted by atomic mass is 10.2. The molecule has 2 aromatic carbocycles. The Bertz CT molecular complexity index is 763. The first-order valence-corrected chi connectivity index (χ1v) is 8.54. The molecule has 0 spiro atoms. The van der Waals surface area contributed by atoms with Crippen molar-refractivity contribution in [3.8, 4) is 0 Å². The molecule has 0 bridgehead atoms. The highest BCUT2D eigenvalue weighted by Gasteiger charge is 2.24. The van der Waals surface area contributed by atoms with E-state index in [-0.39, 0.29) is 21.5 Å². The third kappa shape index (κ3) is 3.71. The van der Waals surface area contributed by atoms with E-state index >= 15 is 0 Å². The molecule has 0 fully saturated rings. The van der Waals surface area contributed by atoms with Gasteiger partial charge >= 0.3 is 0 Å². The van der Waals surface area contributed by atoms with Crippen molar-refractivity contribution in [2.24, 2.45) is 0 Å². The van der Waals surface area contributed by atoms with Gasteiger partial charge in [0.05, 0.1) is 10.0 Å². The fourth-order valence-electron chi connectivity index (χ4n) is 1.83. The van der Waals surface area contributed by atoms with Crippen LogP contribution in [0.3, 0.4) is 0 Å². The smallest absolute Gasteiger partial charge is 0.207 e. The maximum atomic E-state index is 12.5. The number of benzene rings is 2. The Morgan fingerprint density at radius 2 is 1.71 bits per heavy atom. The van der Waals surface area contributed by atoms with Crippen LogP contribution in [0.5, 0.6) is 0 Å². The second kappa shape index (κ2) is 6.55. The monoisotopic (exact) mass is 363 g/mol. The van der Waals surface area contributed by atoms with Crippen molar-refractivity contribution in [1.82, 2.24) is 4.31 Å². The maximum Gasteiger partial charge on any atom is 0.244 e. The van der Waals surface area contributed by atoms with Gasteiger partial charge in [-0.05, 0) is 29.8 Å². The quantitative estimate of drug-likeness (QED) is 0.803. The molecular formula is C14H12Cl3NO2S. The highest BCUT2D eigenvalue weighted by Crippen LogP contribution is 2.31. The van der Waals surface area contributed by atoms with Crippen molar-refractivity contribution in [3.05, 3.63) is 63.1 Å². The van der Waals surface area contributed by atoms with Gasteiger partial charge < -0.3 is 0 Å². The van der Waals surface area contributed by atoms with E-state index in [0.717, 1.165) is 5.56 Å². The molecule has 0 aromatic heterocycles. The zero-order valence-electron chi connectivity index (χ0n) is 11.1. The standard InChI is InChI=1S/C14H12Cl3NO2S/c1-18(9-10-4-2-5-11(15)8-10)21(19,20)13-7-3-6-12(16)14(13)17/h2-8H,9H2,1H3. The van der Waals surface area contributed by atoms with Crippen LogP contribution in [0.15, 0.2) is 47.4 Å². The van der Waals surface area contributed by atoms with Crippen LogP contribution in [-0.2, 0) is 16.6 Å². The summed E-state index contributed by atoms with van der Waals surface area (Å²) in [5.74, 6) is 0. The Kier molecular flexibility index (Phi) is 5.17. The number of nitrogens with zero attached hydrogens (tertiary/aromatic N) is 1. The predicted molar refractivity (Wildman–Crippen MR) is 86.6 cm³/mol. The third-order valence-corrected chi connectivity index (χ3v) is 5.91. The highest BCUT2D eigenvalue weighted by atomic mass is 35.5. The Labute approximate surface area is 139 Å². The normalized spacial score (nSPS) is 11.9. The molecule has 0 radical (unpaired) electrons. The van der Waals surface area contributed by atoms with E-state index in [1.807, 2.05) is 0 Å². The molecule has 0 saturated carbocycles. The van der Waals surface area contributed by atoms with Crippen LogP contribution in [0.2, 0.25) is 15.1 Å². The lowest BCUT2D eigenvalue weighted by Gasteiger charge is -2.18. The molecule has 0 saturated heterocycles. The lowest BCUT2D eigenvalue weighted by Crippen LogP contribution is -2.26. The molecular weight excluding hydrogens is 353 g/mol. The van der Waals surface area contributed by atoms with E-state index < -0.39 is 10.0 Å². The SMILES string of the molecule is CN(Cc1cccc(Cl)c1)S(=O)(=O)c1cccc(Cl)c1Cl. The highest BCUT2D eigenvalue weighted by molar-refractivity contribution is 7.89. The summed E-state index contributed by atoms with van der Waals surface area (Å²) in [6.45, 7) is 0.186. The molecule has 3 nitrogen and oxygen atoms in total. The second-order valence-corrected chi connectivity index (χ2v) is 7.68. The number of hydrogen-bond acceptors (Lipinski definition) is 2. The van der Waals surface area contributed by atoms with E-state index in [1.54, 1.807) is 36.4 Å². The average Bonchev–Trinajstić information content (AvgIpc) is 2.41. The topological polar surface area (TPSA) is 37.4 Å². The molecule has 0 atom stereocenters. The first-order chi connectivity index (χ1) is 9.82. The number of hydrogen-bond donors (Lipinski definition) is 0. The van der Waals surface area contributed by atoms with Gasteiger partial charge in [-0.2, -0.15) is 4.31 Å². The summed E-state index contributed by atoms with van der Waals surface area (Å²) < 4.78 is 26.3. The molecule has 7 heteroatoms. The van der Waals surface area contributed by atoms with Crippen LogP contribution < -0.4 is 0 Å². The van der Waals surface area contributed by atoms with Crippen molar-refractivity contribution in [2.75, 3.05) is 7.05 Å². The van der Waals surface area contributed by atoms with Gasteiger partial charge in [-0.15, -0.1) is 0 Å². The van der Waals surface area contributed by atoms with Gasteiger partial charge in [0, 0.05) is 18.6 Å². The molecule has 0 amide bonds. The summed E-state index contributed by atoms with van der Waals surface area (Å²) in [6.07, 6.45) is 0. The van der Waals surface area contributed by atoms with Gasteiger partial charge in [0.15, 0.2) is 0 Å². The van der Waals surface area contributed by atoms with Gasteiger partial charge in [-0.3, -0.25) is 0 Å². The summed E-state index contributed by atoms with van der Waals surface area (Å²) >= 11 is 17.8. The fraction of sp³-hybridized carbons (Fsp3) is 0.143. The number of sulfonamides is 1. The number of halogens is 3. The van der Waals surface area contributed by atoms with E-state index in [0.29, 0.717) is 5.02 Å². The Morgan fingerprint density at radius 1 is 1.05 bits per heavy atom. The lowest BCUT2D eigenvalue weighted by molar-refractivity contribution is 0.467. The minimum atomic E-state index is -3.73. The fourth-order valence-corrected chi connectivity index (χ4v) is 3.93. The first kappa shape index (κ1) is 16.6. The van der Waals surface area contributed by atoms with Crippen LogP contribution in [0.4, 0.5) is 0 Å². The summed E-state index contributed by atoms with van der Waals surface area (Å²) in [6, 6.07) is 11.5. The molecule has 112 valence electrons. The molecule has 0 aliphatic carbocycles. The summed E-state index contributed by atoms with van der Waals surface area (Å²) in [5, 5.41) is 0.782. The van der Waals surface area contributed by atoms with Crippen LogP contribution in [0, 0.1) is 0 Å². The van der Waals surface area contributed by atoms with Gasteiger partial charge in [-0.1, -0.05) is 53.0 Å². The molecule has 2 rings (SSSR count). The summed E-state index contributed by atoms with van der Waals surface area (Å²) in [7, 11) is -2.25. The van der Waals surface area contributed by atoms with Crippen LogP contribution in [0.1, 0.15) is 5.56 Å². The van der Waals surface area contributed by atoms with E-state index in [1.165, 1.54) is 17.4 Å². The van der Waals surface area contributed by atoms with Gasteiger partial charge in [0.2, 0.25) is 10.0 Å². The molecule has 0 unspecified atom stereocenters. The zero-order valence-corrected chi connectivity index (χ0v) is 14.1. The van der Waals surface area contributed by atoms with Gasteiger partial charge in [0.1, 0.15) is 4.90 Å². The first-order valence-electron chi connectivity index (χ1n) is 5.97. The number of rotatable bonds is 4. The summed E-state index contributed by atoms with van der Waals surface area (Å²) in [4.78, 5) is -0.0128. The van der Waals surface area contributed by atoms with E-state index in [2.05, 4.69) is 0 Å². The van der Waals surface area contributed by atoms with Crippen molar-refractivity contribution in [1.29, 1.82) is 0 Å². The maximum absolute atomic E-state index is 12.5. The zero-order chi connectivity index (χ0) is 15.6. The van der Waals surface area contributed by atoms with Crippen molar-refractivity contribution >= 4 is 44.8 Å². The molecule has 0 heterocycles. The third-order valence-electron chi connectivity index (χ3n) is 2.90. The van der Waals surface area contributed by atoms with Crippen molar-refractivity contribution < 1.29 is 8.42 Å². The van der Waals surface area contributed by atoms with Crippen LogP contribution in [-0.4, -0.2) is 19.8 Å². The van der Waals surface area contributed by atoms with Crippen molar-refractivity contribution in [2.45, 2.75) is 11.4 Å². The summed E-state index contributed by atoms with van der Waals surface area (Å²) in [5.41, 5.74) is 0.784.